The third-order valence-electron chi connectivity index (χ3n) is 2.58. The molecule has 0 bridgehead atoms. The highest BCUT2D eigenvalue weighted by Gasteiger charge is 2.04. The van der Waals surface area contributed by atoms with Crippen LogP contribution in [0, 0.1) is 6.92 Å². The monoisotopic (exact) mass is 233 g/mol. The SMILES string of the molecule is COc1ccc(-c2csc(CN)c2)cc1C. The average Bonchev–Trinajstić information content (AvgIpc) is 2.77. The number of benzene rings is 1. The maximum absolute atomic E-state index is 5.61. The van der Waals surface area contributed by atoms with E-state index in [1.165, 1.54) is 16.0 Å². The Balaban J connectivity index is 2.37. The summed E-state index contributed by atoms with van der Waals surface area (Å²) < 4.78 is 5.24. The van der Waals surface area contributed by atoms with E-state index >= 15 is 0 Å². The summed E-state index contributed by atoms with van der Waals surface area (Å²) in [6.07, 6.45) is 0. The fourth-order valence-corrected chi connectivity index (χ4v) is 2.47. The van der Waals surface area contributed by atoms with E-state index in [1.54, 1.807) is 18.4 Å². The van der Waals surface area contributed by atoms with Crippen LogP contribution in [0.1, 0.15) is 10.4 Å². The van der Waals surface area contributed by atoms with Crippen LogP contribution in [0.25, 0.3) is 11.1 Å². The summed E-state index contributed by atoms with van der Waals surface area (Å²) in [5.41, 5.74) is 9.21. The first-order valence-electron chi connectivity index (χ1n) is 5.17. The molecule has 0 fully saturated rings. The smallest absolute Gasteiger partial charge is 0.121 e. The van der Waals surface area contributed by atoms with Crippen LogP contribution in [0.4, 0.5) is 0 Å². The fraction of sp³-hybridized carbons (Fsp3) is 0.231. The lowest BCUT2D eigenvalue weighted by molar-refractivity contribution is 0.412. The van der Waals surface area contributed by atoms with E-state index in [9.17, 15) is 0 Å². The molecular formula is C13H15NOS. The van der Waals surface area contributed by atoms with Crippen LogP contribution < -0.4 is 10.5 Å². The Hall–Kier alpha value is -1.32. The van der Waals surface area contributed by atoms with Gasteiger partial charge >= 0.3 is 0 Å². The molecule has 0 unspecified atom stereocenters. The van der Waals surface area contributed by atoms with Crippen molar-refractivity contribution >= 4 is 11.3 Å². The van der Waals surface area contributed by atoms with Crippen molar-refractivity contribution in [1.29, 1.82) is 0 Å². The van der Waals surface area contributed by atoms with E-state index < -0.39 is 0 Å². The number of rotatable bonds is 3. The minimum Gasteiger partial charge on any atom is -0.496 e. The van der Waals surface area contributed by atoms with Gasteiger partial charge in [0.25, 0.3) is 0 Å². The van der Waals surface area contributed by atoms with Crippen molar-refractivity contribution in [3.63, 3.8) is 0 Å². The normalized spacial score (nSPS) is 10.4. The number of hydrogen-bond donors (Lipinski definition) is 1. The van der Waals surface area contributed by atoms with Gasteiger partial charge in [0.05, 0.1) is 7.11 Å². The van der Waals surface area contributed by atoms with E-state index in [0.29, 0.717) is 6.54 Å². The first-order chi connectivity index (χ1) is 7.74. The van der Waals surface area contributed by atoms with E-state index in [-0.39, 0.29) is 0 Å². The fourth-order valence-electron chi connectivity index (χ4n) is 1.70. The van der Waals surface area contributed by atoms with Gasteiger partial charge in [-0.25, -0.2) is 0 Å². The molecule has 16 heavy (non-hydrogen) atoms. The van der Waals surface area contributed by atoms with Crippen molar-refractivity contribution in [2.75, 3.05) is 7.11 Å². The second-order valence-electron chi connectivity index (χ2n) is 3.69. The molecule has 0 atom stereocenters. The zero-order valence-electron chi connectivity index (χ0n) is 9.49. The van der Waals surface area contributed by atoms with Crippen molar-refractivity contribution in [1.82, 2.24) is 0 Å². The molecule has 2 aromatic rings. The van der Waals surface area contributed by atoms with Crippen LogP contribution in [0.3, 0.4) is 0 Å². The maximum Gasteiger partial charge on any atom is 0.121 e. The summed E-state index contributed by atoms with van der Waals surface area (Å²) in [5.74, 6) is 0.929. The largest absolute Gasteiger partial charge is 0.496 e. The van der Waals surface area contributed by atoms with Crippen LogP contribution in [0.5, 0.6) is 5.75 Å². The number of thiophene rings is 1. The molecule has 2 N–H and O–H groups in total. The van der Waals surface area contributed by atoms with Crippen molar-refractivity contribution in [3.05, 3.63) is 40.1 Å². The van der Waals surface area contributed by atoms with Crippen LogP contribution >= 0.6 is 11.3 Å². The van der Waals surface area contributed by atoms with Crippen LogP contribution in [0.15, 0.2) is 29.6 Å². The first kappa shape index (κ1) is 11.2. The molecule has 2 rings (SSSR count). The van der Waals surface area contributed by atoms with Gasteiger partial charge in [0.2, 0.25) is 0 Å². The van der Waals surface area contributed by atoms with E-state index in [2.05, 4.69) is 30.5 Å². The Kier molecular flexibility index (Phi) is 3.27. The highest BCUT2D eigenvalue weighted by molar-refractivity contribution is 7.10. The molecule has 1 aromatic carbocycles. The number of nitrogens with two attached hydrogens (primary N) is 1. The molecule has 0 saturated carbocycles. The maximum atomic E-state index is 5.61. The van der Waals surface area contributed by atoms with Gasteiger partial charge < -0.3 is 10.5 Å². The Morgan fingerprint density at radius 3 is 2.62 bits per heavy atom. The third kappa shape index (κ3) is 2.10. The summed E-state index contributed by atoms with van der Waals surface area (Å²) >= 11 is 1.70. The van der Waals surface area contributed by atoms with Crippen LogP contribution in [0.2, 0.25) is 0 Å². The molecule has 3 heteroatoms. The Bertz CT molecular complexity index is 490. The van der Waals surface area contributed by atoms with Gasteiger partial charge in [-0.2, -0.15) is 0 Å². The van der Waals surface area contributed by atoms with Gasteiger partial charge in [-0.3, -0.25) is 0 Å². The van der Waals surface area contributed by atoms with E-state index in [4.69, 9.17) is 10.5 Å². The van der Waals surface area contributed by atoms with Gasteiger partial charge in [-0.15, -0.1) is 11.3 Å². The zero-order chi connectivity index (χ0) is 11.5. The minimum atomic E-state index is 0.611. The lowest BCUT2D eigenvalue weighted by atomic mass is 10.1. The summed E-state index contributed by atoms with van der Waals surface area (Å²) in [4.78, 5) is 1.21. The molecule has 2 nitrogen and oxygen atoms in total. The van der Waals surface area contributed by atoms with E-state index in [1.807, 2.05) is 6.07 Å². The number of aryl methyl sites for hydroxylation is 1. The highest BCUT2D eigenvalue weighted by atomic mass is 32.1. The second-order valence-corrected chi connectivity index (χ2v) is 4.69. The summed E-state index contributed by atoms with van der Waals surface area (Å²) in [5, 5.41) is 2.14. The Morgan fingerprint density at radius 1 is 1.25 bits per heavy atom. The van der Waals surface area contributed by atoms with Gasteiger partial charge in [0, 0.05) is 11.4 Å². The summed E-state index contributed by atoms with van der Waals surface area (Å²) in [6.45, 7) is 2.67. The molecule has 84 valence electrons. The molecule has 0 amide bonds. The van der Waals surface area contributed by atoms with E-state index in [0.717, 1.165) is 11.3 Å². The molecule has 0 spiro atoms. The van der Waals surface area contributed by atoms with Crippen molar-refractivity contribution in [3.8, 4) is 16.9 Å². The Morgan fingerprint density at radius 2 is 2.06 bits per heavy atom. The molecular weight excluding hydrogens is 218 g/mol. The van der Waals surface area contributed by atoms with Gasteiger partial charge in [0.15, 0.2) is 0 Å². The van der Waals surface area contributed by atoms with Gasteiger partial charge in [-0.1, -0.05) is 6.07 Å². The zero-order valence-corrected chi connectivity index (χ0v) is 10.3. The van der Waals surface area contributed by atoms with Crippen molar-refractivity contribution in [2.24, 2.45) is 5.73 Å². The number of hydrogen-bond acceptors (Lipinski definition) is 3. The molecule has 1 heterocycles. The van der Waals surface area contributed by atoms with Crippen molar-refractivity contribution < 1.29 is 4.74 Å². The third-order valence-corrected chi connectivity index (χ3v) is 3.54. The summed E-state index contributed by atoms with van der Waals surface area (Å²) in [7, 11) is 1.69. The van der Waals surface area contributed by atoms with Crippen LogP contribution in [-0.4, -0.2) is 7.11 Å². The lowest BCUT2D eigenvalue weighted by Gasteiger charge is -2.06. The van der Waals surface area contributed by atoms with Gasteiger partial charge in [0.1, 0.15) is 5.75 Å². The molecule has 1 aromatic heterocycles. The standard InChI is InChI=1S/C13H15NOS/c1-9-5-10(3-4-13(9)15-2)11-6-12(7-14)16-8-11/h3-6,8H,7,14H2,1-2H3. The first-order valence-corrected chi connectivity index (χ1v) is 6.05. The lowest BCUT2D eigenvalue weighted by Crippen LogP contribution is -1.91. The number of methoxy groups -OCH3 is 1. The molecule has 0 radical (unpaired) electrons. The minimum absolute atomic E-state index is 0.611. The van der Waals surface area contributed by atoms with Crippen LogP contribution in [-0.2, 0) is 6.54 Å². The van der Waals surface area contributed by atoms with Gasteiger partial charge in [-0.05, 0) is 47.2 Å². The second kappa shape index (κ2) is 4.68. The Labute approximate surface area is 99.7 Å². The molecule has 0 saturated heterocycles. The van der Waals surface area contributed by atoms with Crippen molar-refractivity contribution in [2.45, 2.75) is 13.5 Å². The predicted molar refractivity (Wildman–Crippen MR) is 68.9 cm³/mol. The molecule has 0 aliphatic heterocycles. The molecule has 0 aliphatic rings. The summed E-state index contributed by atoms with van der Waals surface area (Å²) in [6, 6.07) is 8.37. The quantitative estimate of drug-likeness (QED) is 0.883. The number of ether oxygens (including phenoxy) is 1. The topological polar surface area (TPSA) is 35.2 Å². The molecule has 0 aliphatic carbocycles. The highest BCUT2D eigenvalue weighted by Crippen LogP contribution is 2.29. The average molecular weight is 233 g/mol. The predicted octanol–water partition coefficient (Wildman–Crippen LogP) is 3.19.